The number of piperidine rings is 1. The molecular weight excluding hydrogens is 318 g/mol. The van der Waals surface area contributed by atoms with Crippen molar-refractivity contribution in [1.29, 1.82) is 0 Å². The Bertz CT molecular complexity index is 737. The summed E-state index contributed by atoms with van der Waals surface area (Å²) >= 11 is 0. The highest BCUT2D eigenvalue weighted by Crippen LogP contribution is 2.40. The molecule has 7 nitrogen and oxygen atoms in total. The van der Waals surface area contributed by atoms with Gasteiger partial charge in [-0.2, -0.15) is 5.10 Å². The molecule has 3 aliphatic rings. The Kier molecular flexibility index (Phi) is 3.86. The Labute approximate surface area is 147 Å². The number of aromatic nitrogens is 4. The lowest BCUT2D eigenvalue weighted by Gasteiger charge is -2.35. The van der Waals surface area contributed by atoms with Gasteiger partial charge in [0.2, 0.25) is 11.8 Å². The normalized spacial score (nSPS) is 29.9. The summed E-state index contributed by atoms with van der Waals surface area (Å²) in [6, 6.07) is 0. The number of aryl methyl sites for hydroxylation is 1. The van der Waals surface area contributed by atoms with Crippen LogP contribution in [0.15, 0.2) is 16.8 Å². The van der Waals surface area contributed by atoms with Crippen molar-refractivity contribution in [2.75, 3.05) is 19.7 Å². The van der Waals surface area contributed by atoms with Crippen LogP contribution in [0.25, 0.3) is 0 Å². The predicted molar refractivity (Wildman–Crippen MR) is 89.8 cm³/mol. The van der Waals surface area contributed by atoms with Gasteiger partial charge in [-0.25, -0.2) is 0 Å². The lowest BCUT2D eigenvalue weighted by atomic mass is 9.83. The molecule has 0 unspecified atom stereocenters. The molecule has 25 heavy (non-hydrogen) atoms. The maximum absolute atomic E-state index is 6.12. The highest BCUT2D eigenvalue weighted by atomic mass is 16.5. The lowest BCUT2D eigenvalue weighted by molar-refractivity contribution is 0.0793. The third kappa shape index (κ3) is 3.22. The first-order chi connectivity index (χ1) is 12.2. The smallest absolute Gasteiger partial charge is 0.219 e. The SMILES string of the molecule is Cn1cc(CN2CC[C@H]3[C@H](CO[C@H]3Cc3nnc(C4CC4)o3)C2)cn1. The zero-order chi connectivity index (χ0) is 16.8. The third-order valence-corrected chi connectivity index (χ3v) is 5.83. The highest BCUT2D eigenvalue weighted by molar-refractivity contribution is 5.05. The minimum Gasteiger partial charge on any atom is -0.425 e. The van der Waals surface area contributed by atoms with E-state index in [0.29, 0.717) is 17.8 Å². The molecule has 2 aromatic rings. The number of hydrogen-bond acceptors (Lipinski definition) is 6. The molecule has 0 bridgehead atoms. The van der Waals surface area contributed by atoms with E-state index in [-0.39, 0.29) is 6.10 Å². The molecule has 2 aromatic heterocycles. The van der Waals surface area contributed by atoms with E-state index in [2.05, 4.69) is 26.4 Å². The largest absolute Gasteiger partial charge is 0.425 e. The van der Waals surface area contributed by atoms with Gasteiger partial charge in [0.15, 0.2) is 0 Å². The summed E-state index contributed by atoms with van der Waals surface area (Å²) in [6.45, 7) is 4.05. The van der Waals surface area contributed by atoms with E-state index in [1.54, 1.807) is 0 Å². The number of rotatable bonds is 5. The van der Waals surface area contributed by atoms with Crippen LogP contribution in [-0.4, -0.2) is 50.7 Å². The van der Waals surface area contributed by atoms with E-state index in [1.807, 2.05) is 17.9 Å². The second-order valence-electron chi connectivity index (χ2n) is 7.85. The van der Waals surface area contributed by atoms with Gasteiger partial charge >= 0.3 is 0 Å². The van der Waals surface area contributed by atoms with E-state index in [0.717, 1.165) is 44.4 Å². The second kappa shape index (κ2) is 6.21. The summed E-state index contributed by atoms with van der Waals surface area (Å²) < 4.78 is 13.8. The van der Waals surface area contributed by atoms with Crippen LogP contribution < -0.4 is 0 Å². The maximum atomic E-state index is 6.12. The Morgan fingerprint density at radius 1 is 1.24 bits per heavy atom. The van der Waals surface area contributed by atoms with Gasteiger partial charge in [-0.05, 0) is 31.7 Å². The van der Waals surface area contributed by atoms with Crippen LogP contribution in [0.4, 0.5) is 0 Å². The first kappa shape index (κ1) is 15.5. The van der Waals surface area contributed by atoms with Crippen molar-refractivity contribution in [2.24, 2.45) is 18.9 Å². The summed E-state index contributed by atoms with van der Waals surface area (Å²) in [5.74, 6) is 3.33. The average Bonchev–Trinajstić information content (AvgIpc) is 3.02. The monoisotopic (exact) mass is 343 g/mol. The molecule has 134 valence electrons. The molecule has 2 saturated heterocycles. The fourth-order valence-corrected chi connectivity index (χ4v) is 4.34. The minimum atomic E-state index is 0.234. The summed E-state index contributed by atoms with van der Waals surface area (Å²) in [5.41, 5.74) is 1.29. The molecule has 3 atom stereocenters. The summed E-state index contributed by atoms with van der Waals surface area (Å²) in [6.07, 6.45) is 8.64. The molecule has 0 amide bonds. The topological polar surface area (TPSA) is 69.2 Å². The van der Waals surface area contributed by atoms with Gasteiger partial charge in [0.1, 0.15) is 0 Å². The van der Waals surface area contributed by atoms with E-state index >= 15 is 0 Å². The molecule has 0 radical (unpaired) electrons. The lowest BCUT2D eigenvalue weighted by Crippen LogP contribution is -2.41. The zero-order valence-corrected chi connectivity index (χ0v) is 14.7. The van der Waals surface area contributed by atoms with E-state index in [9.17, 15) is 0 Å². The van der Waals surface area contributed by atoms with Crippen LogP contribution in [0.1, 0.15) is 42.5 Å². The standard InChI is InChI=1S/C18H25N5O2/c1-22-8-12(7-19-22)9-23-5-4-15-14(10-23)11-24-16(15)6-17-20-21-18(25-17)13-2-3-13/h7-8,13-16H,2-6,9-11H2,1H3/t14-,15-,16-/m0/s1. The summed E-state index contributed by atoms with van der Waals surface area (Å²) in [7, 11) is 1.97. The van der Waals surface area contributed by atoms with Gasteiger partial charge < -0.3 is 9.15 Å². The maximum Gasteiger partial charge on any atom is 0.219 e. The molecule has 7 heteroatoms. The second-order valence-corrected chi connectivity index (χ2v) is 7.85. The molecule has 4 heterocycles. The first-order valence-corrected chi connectivity index (χ1v) is 9.38. The summed E-state index contributed by atoms with van der Waals surface area (Å²) in [4.78, 5) is 2.53. The quantitative estimate of drug-likeness (QED) is 0.824. The van der Waals surface area contributed by atoms with Crippen molar-refractivity contribution in [2.45, 2.75) is 44.2 Å². The molecular formula is C18H25N5O2. The molecule has 3 fully saturated rings. The van der Waals surface area contributed by atoms with Crippen LogP contribution in [0.2, 0.25) is 0 Å². The summed E-state index contributed by atoms with van der Waals surface area (Å²) in [5, 5.41) is 12.7. The van der Waals surface area contributed by atoms with Crippen molar-refractivity contribution < 1.29 is 9.15 Å². The highest BCUT2D eigenvalue weighted by Gasteiger charge is 2.41. The number of ether oxygens (including phenoxy) is 1. The van der Waals surface area contributed by atoms with Gasteiger partial charge in [-0.3, -0.25) is 9.58 Å². The minimum absolute atomic E-state index is 0.234. The third-order valence-electron chi connectivity index (χ3n) is 5.83. The number of hydrogen-bond donors (Lipinski definition) is 0. The molecule has 0 N–H and O–H groups in total. The fraction of sp³-hybridized carbons (Fsp3) is 0.722. The van der Waals surface area contributed by atoms with Crippen molar-refractivity contribution in [3.05, 3.63) is 29.7 Å². The fourth-order valence-electron chi connectivity index (χ4n) is 4.34. The van der Waals surface area contributed by atoms with Crippen molar-refractivity contribution in [3.63, 3.8) is 0 Å². The van der Waals surface area contributed by atoms with Crippen LogP contribution in [0.5, 0.6) is 0 Å². The number of likely N-dealkylation sites (tertiary alicyclic amines) is 1. The van der Waals surface area contributed by atoms with Crippen LogP contribution >= 0.6 is 0 Å². The van der Waals surface area contributed by atoms with Crippen LogP contribution in [-0.2, 0) is 24.8 Å². The van der Waals surface area contributed by atoms with Crippen LogP contribution in [0.3, 0.4) is 0 Å². The Hall–Kier alpha value is -1.73. The first-order valence-electron chi connectivity index (χ1n) is 9.38. The van der Waals surface area contributed by atoms with Gasteiger partial charge in [-0.1, -0.05) is 0 Å². The van der Waals surface area contributed by atoms with Gasteiger partial charge in [0.25, 0.3) is 0 Å². The average molecular weight is 343 g/mol. The Morgan fingerprint density at radius 3 is 2.96 bits per heavy atom. The van der Waals surface area contributed by atoms with Gasteiger partial charge in [0.05, 0.1) is 25.3 Å². The number of nitrogens with zero attached hydrogens (tertiary/aromatic N) is 5. The Balaban J connectivity index is 1.18. The van der Waals surface area contributed by atoms with Crippen LogP contribution in [0, 0.1) is 11.8 Å². The molecule has 0 spiro atoms. The zero-order valence-electron chi connectivity index (χ0n) is 14.7. The molecule has 5 rings (SSSR count). The number of fused-ring (bicyclic) bond motifs is 1. The molecule has 0 aromatic carbocycles. The molecule has 1 saturated carbocycles. The van der Waals surface area contributed by atoms with Crippen molar-refractivity contribution in [1.82, 2.24) is 24.9 Å². The Morgan fingerprint density at radius 2 is 2.16 bits per heavy atom. The predicted octanol–water partition coefficient (Wildman–Crippen LogP) is 1.76. The van der Waals surface area contributed by atoms with E-state index in [4.69, 9.17) is 9.15 Å². The van der Waals surface area contributed by atoms with Gasteiger partial charge in [-0.15, -0.1) is 10.2 Å². The van der Waals surface area contributed by atoms with Crippen molar-refractivity contribution in [3.8, 4) is 0 Å². The van der Waals surface area contributed by atoms with Crippen molar-refractivity contribution >= 4 is 0 Å². The molecule has 1 aliphatic carbocycles. The van der Waals surface area contributed by atoms with E-state index < -0.39 is 0 Å². The molecule has 2 aliphatic heterocycles. The van der Waals surface area contributed by atoms with Gasteiger partial charge in [0, 0.05) is 43.7 Å². The van der Waals surface area contributed by atoms with E-state index in [1.165, 1.54) is 24.8 Å².